The van der Waals surface area contributed by atoms with Crippen molar-refractivity contribution in [3.8, 4) is 5.88 Å². The summed E-state index contributed by atoms with van der Waals surface area (Å²) in [4.78, 5) is 0. The van der Waals surface area contributed by atoms with Crippen molar-refractivity contribution in [1.29, 1.82) is 0 Å². The van der Waals surface area contributed by atoms with Gasteiger partial charge in [-0.15, -0.1) is 0 Å². The molecule has 1 heterocycles. The van der Waals surface area contributed by atoms with Gasteiger partial charge in [-0.2, -0.15) is 5.10 Å². The lowest BCUT2D eigenvalue weighted by Crippen LogP contribution is -2.04. The van der Waals surface area contributed by atoms with Crippen molar-refractivity contribution < 1.29 is 9.84 Å². The molecule has 0 aliphatic rings. The van der Waals surface area contributed by atoms with Crippen LogP contribution in [0.15, 0.2) is 24.3 Å². The molecular formula is C14H18N2O2. The first kappa shape index (κ1) is 12.6. The van der Waals surface area contributed by atoms with E-state index in [1.807, 2.05) is 32.0 Å². The van der Waals surface area contributed by atoms with Gasteiger partial charge >= 0.3 is 0 Å². The number of aryl methyl sites for hydroxylation is 2. The summed E-state index contributed by atoms with van der Waals surface area (Å²) in [5.74, 6) is 0.634. The molecule has 0 fully saturated rings. The van der Waals surface area contributed by atoms with Crippen LogP contribution in [0.5, 0.6) is 5.88 Å². The standard InChI is InChI=1S/C14H18N2O2/c1-9-6-5-7-11(10(9)2)14(17)12-8-13(18-4)16(3)15-12/h5-8,14,17H,1-4H3. The number of nitrogens with zero attached hydrogens (tertiary/aromatic N) is 2. The van der Waals surface area contributed by atoms with Crippen LogP contribution in [0.2, 0.25) is 0 Å². The molecule has 2 aromatic rings. The molecule has 0 saturated carbocycles. The quantitative estimate of drug-likeness (QED) is 0.902. The highest BCUT2D eigenvalue weighted by Crippen LogP contribution is 2.27. The first-order valence-electron chi connectivity index (χ1n) is 5.86. The number of rotatable bonds is 3. The largest absolute Gasteiger partial charge is 0.481 e. The van der Waals surface area contributed by atoms with Crippen molar-refractivity contribution in [2.75, 3.05) is 7.11 Å². The van der Waals surface area contributed by atoms with Gasteiger partial charge in [0.25, 0.3) is 0 Å². The third-order valence-electron chi connectivity index (χ3n) is 3.29. The summed E-state index contributed by atoms with van der Waals surface area (Å²) in [5, 5.41) is 14.7. The monoisotopic (exact) mass is 246 g/mol. The molecule has 4 heteroatoms. The Balaban J connectivity index is 2.41. The van der Waals surface area contributed by atoms with E-state index in [1.165, 1.54) is 0 Å². The number of hydrogen-bond acceptors (Lipinski definition) is 3. The first-order chi connectivity index (χ1) is 8.54. The van der Waals surface area contributed by atoms with Gasteiger partial charge in [0, 0.05) is 13.1 Å². The maximum Gasteiger partial charge on any atom is 0.211 e. The van der Waals surface area contributed by atoms with Crippen LogP contribution in [-0.4, -0.2) is 22.0 Å². The predicted molar refractivity (Wildman–Crippen MR) is 69.7 cm³/mol. The van der Waals surface area contributed by atoms with Crippen LogP contribution < -0.4 is 4.74 Å². The highest BCUT2D eigenvalue weighted by molar-refractivity contribution is 5.38. The van der Waals surface area contributed by atoms with Crippen molar-refractivity contribution in [3.05, 3.63) is 46.6 Å². The zero-order valence-corrected chi connectivity index (χ0v) is 11.1. The fourth-order valence-electron chi connectivity index (χ4n) is 2.03. The van der Waals surface area contributed by atoms with E-state index in [0.29, 0.717) is 11.6 Å². The lowest BCUT2D eigenvalue weighted by Gasteiger charge is -2.13. The van der Waals surface area contributed by atoms with Crippen molar-refractivity contribution in [2.45, 2.75) is 20.0 Å². The maximum atomic E-state index is 10.4. The SMILES string of the molecule is COc1cc(C(O)c2cccc(C)c2C)nn1C. The normalized spacial score (nSPS) is 12.5. The number of hydrogen-bond donors (Lipinski definition) is 1. The molecule has 1 unspecified atom stereocenters. The van der Waals surface area contributed by atoms with E-state index in [4.69, 9.17) is 4.74 Å². The number of aliphatic hydroxyl groups excluding tert-OH is 1. The van der Waals surface area contributed by atoms with Gasteiger partial charge in [-0.3, -0.25) is 0 Å². The minimum absolute atomic E-state index is 0.600. The minimum Gasteiger partial charge on any atom is -0.481 e. The van der Waals surface area contributed by atoms with Crippen molar-refractivity contribution in [2.24, 2.45) is 7.05 Å². The first-order valence-corrected chi connectivity index (χ1v) is 5.86. The minimum atomic E-state index is -0.722. The van der Waals surface area contributed by atoms with Crippen LogP contribution >= 0.6 is 0 Å². The van der Waals surface area contributed by atoms with Gasteiger partial charge in [-0.25, -0.2) is 4.68 Å². The van der Waals surface area contributed by atoms with E-state index in [0.717, 1.165) is 16.7 Å². The number of methoxy groups -OCH3 is 1. The number of aliphatic hydroxyl groups is 1. The Morgan fingerprint density at radius 3 is 2.67 bits per heavy atom. The van der Waals surface area contributed by atoms with Crippen LogP contribution in [0, 0.1) is 13.8 Å². The van der Waals surface area contributed by atoms with E-state index in [2.05, 4.69) is 5.10 Å². The van der Waals surface area contributed by atoms with E-state index < -0.39 is 6.10 Å². The summed E-state index contributed by atoms with van der Waals surface area (Å²) < 4.78 is 6.77. The Morgan fingerprint density at radius 2 is 2.06 bits per heavy atom. The molecule has 0 saturated heterocycles. The molecule has 0 amide bonds. The fourth-order valence-corrected chi connectivity index (χ4v) is 2.03. The Bertz CT molecular complexity index is 561. The van der Waals surface area contributed by atoms with Gasteiger partial charge in [-0.05, 0) is 30.5 Å². The fraction of sp³-hybridized carbons (Fsp3) is 0.357. The van der Waals surface area contributed by atoms with E-state index in [-0.39, 0.29) is 0 Å². The van der Waals surface area contributed by atoms with Gasteiger partial charge in [-0.1, -0.05) is 18.2 Å². The van der Waals surface area contributed by atoms with Crippen LogP contribution in [0.4, 0.5) is 0 Å². The Morgan fingerprint density at radius 1 is 1.33 bits per heavy atom. The molecule has 4 nitrogen and oxygen atoms in total. The highest BCUT2D eigenvalue weighted by atomic mass is 16.5. The molecule has 0 bridgehead atoms. The van der Waals surface area contributed by atoms with Gasteiger partial charge in [0.1, 0.15) is 6.10 Å². The van der Waals surface area contributed by atoms with Crippen LogP contribution in [-0.2, 0) is 7.05 Å². The van der Waals surface area contributed by atoms with Crippen LogP contribution in [0.3, 0.4) is 0 Å². The number of benzene rings is 1. The van der Waals surface area contributed by atoms with Gasteiger partial charge in [0.2, 0.25) is 5.88 Å². The molecule has 1 aromatic carbocycles. The van der Waals surface area contributed by atoms with Gasteiger partial charge in [0.05, 0.1) is 12.8 Å². The second-order valence-electron chi connectivity index (χ2n) is 4.43. The predicted octanol–water partition coefficient (Wildman–Crippen LogP) is 2.13. The second kappa shape index (κ2) is 4.82. The Hall–Kier alpha value is -1.81. The zero-order chi connectivity index (χ0) is 13.3. The molecule has 0 radical (unpaired) electrons. The summed E-state index contributed by atoms with van der Waals surface area (Å²) >= 11 is 0. The van der Waals surface area contributed by atoms with Crippen molar-refractivity contribution in [3.63, 3.8) is 0 Å². The van der Waals surface area contributed by atoms with Crippen LogP contribution in [0.1, 0.15) is 28.5 Å². The molecule has 0 aliphatic carbocycles. The molecule has 18 heavy (non-hydrogen) atoms. The molecule has 96 valence electrons. The van der Waals surface area contributed by atoms with Gasteiger partial charge < -0.3 is 9.84 Å². The van der Waals surface area contributed by atoms with Crippen molar-refractivity contribution in [1.82, 2.24) is 9.78 Å². The zero-order valence-electron chi connectivity index (χ0n) is 11.1. The molecule has 1 aromatic heterocycles. The smallest absolute Gasteiger partial charge is 0.211 e. The third-order valence-corrected chi connectivity index (χ3v) is 3.29. The van der Waals surface area contributed by atoms with Crippen molar-refractivity contribution >= 4 is 0 Å². The molecular weight excluding hydrogens is 228 g/mol. The summed E-state index contributed by atoms with van der Waals surface area (Å²) in [7, 11) is 3.38. The summed E-state index contributed by atoms with van der Waals surface area (Å²) in [6, 6.07) is 7.66. The second-order valence-corrected chi connectivity index (χ2v) is 4.43. The third kappa shape index (κ3) is 2.11. The Labute approximate surface area is 107 Å². The average molecular weight is 246 g/mol. The number of aromatic nitrogens is 2. The highest BCUT2D eigenvalue weighted by Gasteiger charge is 2.18. The molecule has 1 atom stereocenters. The lowest BCUT2D eigenvalue weighted by molar-refractivity contribution is 0.213. The van der Waals surface area contributed by atoms with E-state index in [1.54, 1.807) is 24.9 Å². The average Bonchev–Trinajstić information content (AvgIpc) is 2.73. The summed E-state index contributed by atoms with van der Waals surface area (Å²) in [6.07, 6.45) is -0.722. The Kier molecular flexibility index (Phi) is 3.39. The molecule has 2 rings (SSSR count). The maximum absolute atomic E-state index is 10.4. The van der Waals surface area contributed by atoms with Gasteiger partial charge in [0.15, 0.2) is 0 Å². The summed E-state index contributed by atoms with van der Waals surface area (Å²) in [5.41, 5.74) is 3.74. The number of ether oxygens (including phenoxy) is 1. The van der Waals surface area contributed by atoms with E-state index in [9.17, 15) is 5.11 Å². The van der Waals surface area contributed by atoms with E-state index >= 15 is 0 Å². The molecule has 0 spiro atoms. The lowest BCUT2D eigenvalue weighted by atomic mass is 9.97. The topological polar surface area (TPSA) is 47.3 Å². The molecule has 0 aliphatic heterocycles. The molecule has 1 N–H and O–H groups in total. The van der Waals surface area contributed by atoms with Crippen LogP contribution in [0.25, 0.3) is 0 Å². The summed E-state index contributed by atoms with van der Waals surface area (Å²) in [6.45, 7) is 4.04.